The van der Waals surface area contributed by atoms with Gasteiger partial charge in [0.05, 0.1) is 4.88 Å². The Balaban J connectivity index is 1.55. The first-order valence-electron chi connectivity index (χ1n) is 9.17. The topological polar surface area (TPSA) is 112 Å². The number of amides is 4. The highest BCUT2D eigenvalue weighted by Crippen LogP contribution is 2.31. The van der Waals surface area contributed by atoms with Crippen LogP contribution < -0.4 is 10.7 Å². The van der Waals surface area contributed by atoms with E-state index in [-0.39, 0.29) is 11.3 Å². The first-order valence-corrected chi connectivity index (χ1v) is 10.5. The summed E-state index contributed by atoms with van der Waals surface area (Å²) >= 11 is 6.68. The van der Waals surface area contributed by atoms with E-state index in [1.54, 1.807) is 31.2 Å². The van der Waals surface area contributed by atoms with E-state index in [1.807, 2.05) is 23.6 Å². The number of urea groups is 1. The third-order valence-electron chi connectivity index (χ3n) is 4.93. The van der Waals surface area contributed by atoms with Gasteiger partial charge in [0.25, 0.3) is 11.8 Å². The Kier molecular flexibility index (Phi) is 5.22. The summed E-state index contributed by atoms with van der Waals surface area (Å²) in [6, 6.07) is 12.0. The molecule has 30 heavy (non-hydrogen) atoms. The largest absolute Gasteiger partial charge is 0.344 e. The molecule has 1 aliphatic rings. The second-order valence-corrected chi connectivity index (χ2v) is 7.98. The van der Waals surface area contributed by atoms with Gasteiger partial charge in [-0.25, -0.2) is 4.79 Å². The lowest BCUT2D eigenvalue weighted by Crippen LogP contribution is -2.49. The summed E-state index contributed by atoms with van der Waals surface area (Å²) in [5.41, 5.74) is 1.83. The molecule has 1 atom stereocenters. The summed E-state index contributed by atoms with van der Waals surface area (Å²) in [6.07, 6.45) is 0.337. The smallest absolute Gasteiger partial charge is 0.318 e. The van der Waals surface area contributed by atoms with E-state index in [0.29, 0.717) is 17.8 Å². The molecule has 9 nitrogen and oxygen atoms in total. The molecule has 3 heterocycles. The van der Waals surface area contributed by atoms with Gasteiger partial charge in [-0.1, -0.05) is 43.3 Å². The molecule has 0 radical (unpaired) electrons. The third kappa shape index (κ3) is 3.31. The van der Waals surface area contributed by atoms with Crippen molar-refractivity contribution < 1.29 is 14.4 Å². The van der Waals surface area contributed by atoms with Gasteiger partial charge in [-0.05, 0) is 35.6 Å². The summed E-state index contributed by atoms with van der Waals surface area (Å²) in [7, 11) is 0. The number of rotatable bonds is 6. The van der Waals surface area contributed by atoms with E-state index in [2.05, 4.69) is 20.9 Å². The average molecular weight is 443 g/mol. The quantitative estimate of drug-likeness (QED) is 0.401. The molecule has 1 aromatic carbocycles. The van der Waals surface area contributed by atoms with Crippen LogP contribution in [0.4, 0.5) is 4.79 Å². The molecular weight excluding hydrogens is 424 g/mol. The minimum atomic E-state index is -1.22. The van der Waals surface area contributed by atoms with Crippen molar-refractivity contribution in [1.29, 1.82) is 0 Å². The molecule has 4 amide bonds. The number of hydrogen-bond acceptors (Lipinski definition) is 6. The Morgan fingerprint density at radius 2 is 2.00 bits per heavy atom. The van der Waals surface area contributed by atoms with Crippen LogP contribution in [0.15, 0.2) is 47.8 Å². The Hall–Kier alpha value is -3.31. The minimum absolute atomic E-state index is 0.204. The molecule has 4 rings (SSSR count). The van der Waals surface area contributed by atoms with E-state index in [4.69, 9.17) is 12.2 Å². The fourth-order valence-corrected chi connectivity index (χ4v) is 4.32. The van der Waals surface area contributed by atoms with Crippen molar-refractivity contribution in [3.8, 4) is 10.7 Å². The number of hydrazine groups is 1. The molecule has 1 saturated heterocycles. The number of carbonyl (C=O) groups is 3. The highest BCUT2D eigenvalue weighted by atomic mass is 32.1. The van der Waals surface area contributed by atoms with E-state index in [9.17, 15) is 14.4 Å². The highest BCUT2D eigenvalue weighted by Gasteiger charge is 2.52. The Bertz CT molecular complexity index is 1150. The van der Waals surface area contributed by atoms with Crippen LogP contribution >= 0.6 is 23.6 Å². The zero-order chi connectivity index (χ0) is 21.3. The van der Waals surface area contributed by atoms with Crippen LogP contribution in [0.2, 0.25) is 0 Å². The van der Waals surface area contributed by atoms with Crippen LogP contribution in [0.3, 0.4) is 0 Å². The van der Waals surface area contributed by atoms with Crippen LogP contribution in [0, 0.1) is 4.77 Å². The Morgan fingerprint density at radius 1 is 1.23 bits per heavy atom. The normalized spacial score (nSPS) is 18.5. The van der Waals surface area contributed by atoms with Gasteiger partial charge >= 0.3 is 6.03 Å². The van der Waals surface area contributed by atoms with Gasteiger partial charge in [0, 0.05) is 0 Å². The second-order valence-electron chi connectivity index (χ2n) is 6.65. The molecule has 0 spiro atoms. The third-order valence-corrected chi connectivity index (χ3v) is 6.10. The van der Waals surface area contributed by atoms with Crippen molar-refractivity contribution in [3.05, 3.63) is 58.2 Å². The summed E-state index contributed by atoms with van der Waals surface area (Å²) in [6.45, 7) is 1.60. The number of thiophene rings is 1. The molecular formula is C19H18N6O3S2. The average Bonchev–Trinajstić information content (AvgIpc) is 3.45. The van der Waals surface area contributed by atoms with Gasteiger partial charge in [-0.3, -0.25) is 24.7 Å². The van der Waals surface area contributed by atoms with Crippen LogP contribution in [0.25, 0.3) is 10.7 Å². The molecule has 2 aromatic heterocycles. The lowest BCUT2D eigenvalue weighted by molar-refractivity contribution is -0.139. The van der Waals surface area contributed by atoms with Gasteiger partial charge in [-0.15, -0.1) is 11.3 Å². The molecule has 1 fully saturated rings. The lowest BCUT2D eigenvalue weighted by Gasteiger charge is -2.25. The summed E-state index contributed by atoms with van der Waals surface area (Å²) in [5, 5.41) is 12.2. The minimum Gasteiger partial charge on any atom is -0.318 e. The van der Waals surface area contributed by atoms with Crippen molar-refractivity contribution in [2.45, 2.75) is 25.4 Å². The highest BCUT2D eigenvalue weighted by molar-refractivity contribution is 7.71. The van der Waals surface area contributed by atoms with Gasteiger partial charge in [0.15, 0.2) is 10.6 Å². The molecule has 1 aliphatic heterocycles. The maximum atomic E-state index is 13.1. The van der Waals surface area contributed by atoms with Crippen molar-refractivity contribution in [2.75, 3.05) is 0 Å². The number of benzene rings is 1. The predicted octanol–water partition coefficient (Wildman–Crippen LogP) is 2.56. The van der Waals surface area contributed by atoms with Crippen molar-refractivity contribution in [1.82, 2.24) is 30.5 Å². The van der Waals surface area contributed by atoms with Crippen molar-refractivity contribution in [3.63, 3.8) is 0 Å². The molecule has 3 aromatic rings. The fraction of sp³-hybridized carbons (Fsp3) is 0.211. The number of carbonyl (C=O) groups excluding carboxylic acids is 3. The van der Waals surface area contributed by atoms with Crippen LogP contribution in [-0.4, -0.2) is 37.6 Å². The molecule has 154 valence electrons. The summed E-state index contributed by atoms with van der Waals surface area (Å²) < 4.78 is 1.78. The second kappa shape index (κ2) is 7.84. The van der Waals surface area contributed by atoms with E-state index < -0.39 is 23.4 Å². The number of nitrogens with one attached hydrogen (secondary N) is 3. The van der Waals surface area contributed by atoms with Gasteiger partial charge in [0.1, 0.15) is 12.1 Å². The first-order chi connectivity index (χ1) is 14.5. The molecule has 0 aliphatic carbocycles. The molecule has 3 N–H and O–H groups in total. The van der Waals surface area contributed by atoms with Crippen LogP contribution in [-0.2, 0) is 21.7 Å². The first kappa shape index (κ1) is 20.0. The van der Waals surface area contributed by atoms with Crippen LogP contribution in [0.5, 0.6) is 0 Å². The number of aromatic nitrogens is 3. The maximum Gasteiger partial charge on any atom is 0.344 e. The molecule has 11 heteroatoms. The standard InChI is InChI=1S/C19H18N6O3S2/c1-2-19(12-7-4-3-5-8-12)16(27)25(17(28)20-19)23-14(26)11-24-15(21-22-18(24)29)13-9-6-10-30-13/h3-10H,2,11H2,1H3,(H,20,28)(H,22,29)(H,23,26). The number of hydrogen-bond donors (Lipinski definition) is 3. The monoisotopic (exact) mass is 442 g/mol. The molecule has 0 bridgehead atoms. The maximum absolute atomic E-state index is 13.1. The Morgan fingerprint density at radius 3 is 2.67 bits per heavy atom. The van der Waals surface area contributed by atoms with E-state index in [0.717, 1.165) is 9.89 Å². The van der Waals surface area contributed by atoms with E-state index >= 15 is 0 Å². The van der Waals surface area contributed by atoms with Gasteiger partial charge < -0.3 is 5.32 Å². The van der Waals surface area contributed by atoms with Gasteiger partial charge in [-0.2, -0.15) is 10.1 Å². The zero-order valence-electron chi connectivity index (χ0n) is 15.9. The fourth-order valence-electron chi connectivity index (χ4n) is 3.40. The number of imide groups is 1. The Labute approximate surface area is 180 Å². The summed E-state index contributed by atoms with van der Waals surface area (Å²) in [5.74, 6) is -0.605. The number of H-pyrrole nitrogens is 1. The number of nitrogens with zero attached hydrogens (tertiary/aromatic N) is 3. The van der Waals surface area contributed by atoms with E-state index in [1.165, 1.54) is 15.9 Å². The number of aromatic amines is 1. The predicted molar refractivity (Wildman–Crippen MR) is 113 cm³/mol. The zero-order valence-corrected chi connectivity index (χ0v) is 17.5. The lowest BCUT2D eigenvalue weighted by atomic mass is 9.87. The van der Waals surface area contributed by atoms with Crippen molar-refractivity contribution in [2.24, 2.45) is 0 Å². The summed E-state index contributed by atoms with van der Waals surface area (Å²) in [4.78, 5) is 39.1. The van der Waals surface area contributed by atoms with Crippen LogP contribution in [0.1, 0.15) is 18.9 Å². The molecule has 0 saturated carbocycles. The van der Waals surface area contributed by atoms with Gasteiger partial charge in [0.2, 0.25) is 0 Å². The SMILES string of the molecule is CCC1(c2ccccc2)NC(=O)N(NC(=O)Cn2c(-c3cccs3)n[nH]c2=S)C1=O. The van der Waals surface area contributed by atoms with Crippen molar-refractivity contribution >= 4 is 41.4 Å². The molecule has 1 unspecified atom stereocenters.